The van der Waals surface area contributed by atoms with Crippen molar-refractivity contribution in [2.45, 2.75) is 39.8 Å². The lowest BCUT2D eigenvalue weighted by atomic mass is 10.1. The zero-order valence-corrected chi connectivity index (χ0v) is 16.5. The van der Waals surface area contributed by atoms with Gasteiger partial charge < -0.3 is 10.1 Å². The number of anilines is 1. The van der Waals surface area contributed by atoms with E-state index in [2.05, 4.69) is 10.4 Å². The molecule has 0 saturated heterocycles. The van der Waals surface area contributed by atoms with Gasteiger partial charge in [-0.25, -0.2) is 5.01 Å². The predicted octanol–water partition coefficient (Wildman–Crippen LogP) is 3.25. The Labute approximate surface area is 165 Å². The summed E-state index contributed by atoms with van der Waals surface area (Å²) in [4.78, 5) is 25.0. The molecule has 1 aliphatic rings. The second-order valence-corrected chi connectivity index (χ2v) is 6.98. The van der Waals surface area contributed by atoms with Gasteiger partial charge in [0.25, 0.3) is 5.91 Å². The molecule has 2 aromatic carbocycles. The smallest absolute Gasteiger partial charge is 0.267 e. The maximum absolute atomic E-state index is 12.6. The molecule has 1 aliphatic heterocycles. The minimum absolute atomic E-state index is 0.0995. The standard InChI is InChI=1S/C22H25N3O3/c1-15-7-8-16(2)20(11-15)25-21(26)10-9-19(24-25)22(27)23-13-17-5-4-6-18(12-17)14-28-3/h4-8,11-12H,9-10,13-14H2,1-3H3,(H,23,27). The molecule has 0 bridgehead atoms. The number of rotatable bonds is 6. The van der Waals surface area contributed by atoms with Crippen LogP contribution in [0.2, 0.25) is 0 Å². The van der Waals surface area contributed by atoms with Gasteiger partial charge in [-0.05, 0) is 42.2 Å². The van der Waals surface area contributed by atoms with Crippen molar-refractivity contribution in [2.24, 2.45) is 5.10 Å². The Bertz CT molecular complexity index is 921. The van der Waals surface area contributed by atoms with Gasteiger partial charge in [-0.2, -0.15) is 5.10 Å². The average Bonchev–Trinajstić information content (AvgIpc) is 2.69. The van der Waals surface area contributed by atoms with E-state index in [1.165, 1.54) is 5.01 Å². The molecule has 0 fully saturated rings. The summed E-state index contributed by atoms with van der Waals surface area (Å²) in [6.45, 7) is 4.82. The van der Waals surface area contributed by atoms with Gasteiger partial charge in [-0.3, -0.25) is 9.59 Å². The highest BCUT2D eigenvalue weighted by Gasteiger charge is 2.26. The van der Waals surface area contributed by atoms with Gasteiger partial charge >= 0.3 is 0 Å². The molecule has 6 heteroatoms. The summed E-state index contributed by atoms with van der Waals surface area (Å²) in [7, 11) is 1.65. The van der Waals surface area contributed by atoms with Gasteiger partial charge in [0.05, 0.1) is 12.3 Å². The molecular formula is C22H25N3O3. The van der Waals surface area contributed by atoms with Crippen LogP contribution in [0.1, 0.15) is 35.1 Å². The van der Waals surface area contributed by atoms with E-state index in [1.807, 2.05) is 56.3 Å². The number of benzene rings is 2. The fraction of sp³-hybridized carbons (Fsp3) is 0.318. The highest BCUT2D eigenvalue weighted by molar-refractivity contribution is 6.40. The number of hydrazone groups is 1. The number of hydrogen-bond acceptors (Lipinski definition) is 4. The number of aryl methyl sites for hydroxylation is 2. The molecule has 2 amide bonds. The van der Waals surface area contributed by atoms with Crippen LogP contribution in [0.4, 0.5) is 5.69 Å². The molecule has 0 radical (unpaired) electrons. The van der Waals surface area contributed by atoms with Gasteiger partial charge in [0.15, 0.2) is 0 Å². The van der Waals surface area contributed by atoms with Gasteiger partial charge in [-0.15, -0.1) is 0 Å². The fourth-order valence-corrected chi connectivity index (χ4v) is 3.13. The normalized spacial score (nSPS) is 14.0. The lowest BCUT2D eigenvalue weighted by Gasteiger charge is -2.24. The summed E-state index contributed by atoms with van der Waals surface area (Å²) < 4.78 is 5.14. The molecule has 1 heterocycles. The Morgan fingerprint density at radius 3 is 2.71 bits per heavy atom. The van der Waals surface area contributed by atoms with Crippen LogP contribution in [-0.4, -0.2) is 24.6 Å². The Balaban J connectivity index is 1.73. The highest BCUT2D eigenvalue weighted by atomic mass is 16.5. The molecule has 0 unspecified atom stereocenters. The molecule has 0 atom stereocenters. The highest BCUT2D eigenvalue weighted by Crippen LogP contribution is 2.25. The van der Waals surface area contributed by atoms with E-state index in [4.69, 9.17) is 4.74 Å². The van der Waals surface area contributed by atoms with E-state index >= 15 is 0 Å². The summed E-state index contributed by atoms with van der Waals surface area (Å²) in [6.07, 6.45) is 0.610. The SMILES string of the molecule is COCc1cccc(CNC(=O)C2=NN(c3cc(C)ccc3C)C(=O)CC2)c1. The Kier molecular flexibility index (Phi) is 6.21. The summed E-state index contributed by atoms with van der Waals surface area (Å²) in [6, 6.07) is 13.7. The third-order valence-corrected chi connectivity index (χ3v) is 4.64. The largest absolute Gasteiger partial charge is 0.380 e. The predicted molar refractivity (Wildman–Crippen MR) is 109 cm³/mol. The molecule has 146 valence electrons. The Morgan fingerprint density at radius 1 is 1.14 bits per heavy atom. The summed E-state index contributed by atoms with van der Waals surface area (Å²) in [5.74, 6) is -0.350. The number of carbonyl (C=O) groups excluding carboxylic acids is 2. The number of carbonyl (C=O) groups is 2. The quantitative estimate of drug-likeness (QED) is 0.837. The second kappa shape index (κ2) is 8.80. The molecular weight excluding hydrogens is 354 g/mol. The minimum atomic E-state index is -0.250. The first-order valence-corrected chi connectivity index (χ1v) is 9.30. The number of amides is 2. The van der Waals surface area contributed by atoms with Gasteiger partial charge in [0.2, 0.25) is 5.91 Å². The number of nitrogens with one attached hydrogen (secondary N) is 1. The van der Waals surface area contributed by atoms with Crippen molar-refractivity contribution in [1.29, 1.82) is 0 Å². The van der Waals surface area contributed by atoms with Crippen LogP contribution in [0, 0.1) is 13.8 Å². The summed E-state index contributed by atoms with van der Waals surface area (Å²) in [5.41, 5.74) is 5.11. The second-order valence-electron chi connectivity index (χ2n) is 6.98. The van der Waals surface area contributed by atoms with Crippen molar-refractivity contribution < 1.29 is 14.3 Å². The molecule has 2 aromatic rings. The third-order valence-electron chi connectivity index (χ3n) is 4.64. The third kappa shape index (κ3) is 4.64. The van der Waals surface area contributed by atoms with Crippen molar-refractivity contribution in [3.8, 4) is 0 Å². The van der Waals surface area contributed by atoms with Crippen LogP contribution in [-0.2, 0) is 27.5 Å². The molecule has 6 nitrogen and oxygen atoms in total. The number of ether oxygens (including phenoxy) is 1. The zero-order chi connectivity index (χ0) is 20.1. The topological polar surface area (TPSA) is 71.0 Å². The average molecular weight is 379 g/mol. The fourth-order valence-electron chi connectivity index (χ4n) is 3.13. The van der Waals surface area contributed by atoms with Crippen molar-refractivity contribution in [3.63, 3.8) is 0 Å². The van der Waals surface area contributed by atoms with E-state index < -0.39 is 0 Å². The zero-order valence-electron chi connectivity index (χ0n) is 16.5. The van der Waals surface area contributed by atoms with Gasteiger partial charge in [-0.1, -0.05) is 36.4 Å². The number of hydrogen-bond donors (Lipinski definition) is 1. The van der Waals surface area contributed by atoms with Crippen LogP contribution < -0.4 is 10.3 Å². The lowest BCUT2D eigenvalue weighted by molar-refractivity contribution is -0.119. The maximum atomic E-state index is 12.6. The van der Waals surface area contributed by atoms with Crippen LogP contribution in [0.3, 0.4) is 0 Å². The van der Waals surface area contributed by atoms with E-state index in [-0.39, 0.29) is 18.2 Å². The first kappa shape index (κ1) is 19.8. The van der Waals surface area contributed by atoms with E-state index in [1.54, 1.807) is 7.11 Å². The summed E-state index contributed by atoms with van der Waals surface area (Å²) in [5, 5.41) is 8.63. The van der Waals surface area contributed by atoms with E-state index in [0.29, 0.717) is 25.3 Å². The van der Waals surface area contributed by atoms with Crippen LogP contribution in [0.5, 0.6) is 0 Å². The Morgan fingerprint density at radius 2 is 1.93 bits per heavy atom. The molecule has 1 N–H and O–H groups in total. The number of nitrogens with zero attached hydrogens (tertiary/aromatic N) is 2. The summed E-state index contributed by atoms with van der Waals surface area (Å²) >= 11 is 0. The first-order valence-electron chi connectivity index (χ1n) is 9.30. The molecule has 0 spiro atoms. The monoisotopic (exact) mass is 379 g/mol. The van der Waals surface area contributed by atoms with E-state index in [0.717, 1.165) is 27.9 Å². The van der Waals surface area contributed by atoms with Crippen LogP contribution in [0.25, 0.3) is 0 Å². The molecule has 28 heavy (non-hydrogen) atoms. The molecule has 0 aliphatic carbocycles. The maximum Gasteiger partial charge on any atom is 0.267 e. The van der Waals surface area contributed by atoms with E-state index in [9.17, 15) is 9.59 Å². The molecule has 0 aromatic heterocycles. The van der Waals surface area contributed by atoms with Crippen LogP contribution >= 0.6 is 0 Å². The number of methoxy groups -OCH3 is 1. The molecule has 3 rings (SSSR count). The van der Waals surface area contributed by atoms with Crippen molar-refractivity contribution in [2.75, 3.05) is 12.1 Å². The van der Waals surface area contributed by atoms with Crippen LogP contribution in [0.15, 0.2) is 47.6 Å². The van der Waals surface area contributed by atoms with Crippen molar-refractivity contribution in [3.05, 3.63) is 64.7 Å². The van der Waals surface area contributed by atoms with Crippen molar-refractivity contribution in [1.82, 2.24) is 5.32 Å². The first-order chi connectivity index (χ1) is 13.5. The molecule has 0 saturated carbocycles. The van der Waals surface area contributed by atoms with Gasteiger partial charge in [0.1, 0.15) is 5.71 Å². The lowest BCUT2D eigenvalue weighted by Crippen LogP contribution is -2.39. The Hall–Kier alpha value is -2.99. The minimum Gasteiger partial charge on any atom is -0.380 e. The van der Waals surface area contributed by atoms with Gasteiger partial charge in [0, 0.05) is 26.5 Å². The van der Waals surface area contributed by atoms with Crippen molar-refractivity contribution >= 4 is 23.2 Å².